The van der Waals surface area contributed by atoms with Crippen LogP contribution < -0.4 is 5.32 Å². The quantitative estimate of drug-likeness (QED) is 0.782. The number of carbonyl (C=O) groups is 2. The van der Waals surface area contributed by atoms with E-state index in [0.29, 0.717) is 5.56 Å². The molecule has 90 valence electrons. The number of carboxylic acids is 1. The lowest BCUT2D eigenvalue weighted by atomic mass is 10.1. The molecule has 0 unspecified atom stereocenters. The molecule has 0 aliphatic rings. The molecule has 0 aliphatic carbocycles. The van der Waals surface area contributed by atoms with Gasteiger partial charge in [-0.15, -0.1) is 0 Å². The number of allylic oxidation sites excluding steroid dienone is 1. The van der Waals surface area contributed by atoms with Gasteiger partial charge in [-0.2, -0.15) is 0 Å². The van der Waals surface area contributed by atoms with Gasteiger partial charge in [0.15, 0.2) is 0 Å². The summed E-state index contributed by atoms with van der Waals surface area (Å²) >= 11 is 0. The van der Waals surface area contributed by atoms with Crippen LogP contribution in [0.3, 0.4) is 0 Å². The lowest BCUT2D eigenvalue weighted by Crippen LogP contribution is -2.27. The number of carbonyl (C=O) groups excluding carboxylic acids is 1. The Bertz CT molecular complexity index is 435. The van der Waals surface area contributed by atoms with Gasteiger partial charge < -0.3 is 10.4 Å². The van der Waals surface area contributed by atoms with Gasteiger partial charge in [0.2, 0.25) is 0 Å². The Morgan fingerprint density at radius 1 is 1.24 bits per heavy atom. The summed E-state index contributed by atoms with van der Waals surface area (Å²) in [6.07, 6.45) is 1.50. The van der Waals surface area contributed by atoms with E-state index in [1.165, 1.54) is 6.08 Å². The summed E-state index contributed by atoms with van der Waals surface area (Å²) in [5.41, 5.74) is 0.345. The molecule has 0 spiro atoms. The number of carboxylic acid groups (broad SMARTS) is 1. The molecule has 2 N–H and O–H groups in total. The van der Waals surface area contributed by atoms with Gasteiger partial charge in [0.1, 0.15) is 5.70 Å². The standard InChI is InChI=1S/C13H15NO3/c1-9(2)8-11(13(16)17)14-12(15)10-6-4-3-5-7-10/h3-9H,1-2H3,(H,14,15)(H,16,17). The van der Waals surface area contributed by atoms with Crippen LogP contribution in [0.4, 0.5) is 0 Å². The smallest absolute Gasteiger partial charge is 0.352 e. The van der Waals surface area contributed by atoms with Crippen molar-refractivity contribution in [3.8, 4) is 0 Å². The van der Waals surface area contributed by atoms with E-state index in [9.17, 15) is 9.59 Å². The van der Waals surface area contributed by atoms with Crippen LogP contribution in [0.1, 0.15) is 24.2 Å². The summed E-state index contributed by atoms with van der Waals surface area (Å²) in [4.78, 5) is 22.6. The van der Waals surface area contributed by atoms with E-state index in [2.05, 4.69) is 5.32 Å². The maximum atomic E-state index is 11.7. The van der Waals surface area contributed by atoms with E-state index < -0.39 is 11.9 Å². The number of benzene rings is 1. The SMILES string of the molecule is CC(C)C=C(NC(=O)c1ccccc1)C(=O)O. The number of amides is 1. The first-order valence-corrected chi connectivity index (χ1v) is 5.32. The largest absolute Gasteiger partial charge is 0.477 e. The molecule has 1 aromatic carbocycles. The Hall–Kier alpha value is -2.10. The predicted octanol–water partition coefficient (Wildman–Crippen LogP) is 2.04. The second-order valence-corrected chi connectivity index (χ2v) is 3.95. The van der Waals surface area contributed by atoms with Crippen molar-refractivity contribution in [2.24, 2.45) is 5.92 Å². The van der Waals surface area contributed by atoms with Crippen molar-refractivity contribution in [1.82, 2.24) is 5.32 Å². The normalized spacial score (nSPS) is 11.4. The highest BCUT2D eigenvalue weighted by atomic mass is 16.4. The first kappa shape index (κ1) is 13.0. The Balaban J connectivity index is 2.83. The molecule has 4 nitrogen and oxygen atoms in total. The van der Waals surface area contributed by atoms with Crippen LogP contribution in [0.2, 0.25) is 0 Å². The van der Waals surface area contributed by atoms with Crippen molar-refractivity contribution in [2.45, 2.75) is 13.8 Å². The van der Waals surface area contributed by atoms with Crippen LogP contribution in [0, 0.1) is 5.92 Å². The molecule has 0 radical (unpaired) electrons. The van der Waals surface area contributed by atoms with Crippen molar-refractivity contribution >= 4 is 11.9 Å². The molecule has 0 heterocycles. The monoisotopic (exact) mass is 233 g/mol. The molecule has 0 fully saturated rings. The average molecular weight is 233 g/mol. The van der Waals surface area contributed by atoms with Gasteiger partial charge in [-0.3, -0.25) is 4.79 Å². The van der Waals surface area contributed by atoms with Crippen LogP contribution >= 0.6 is 0 Å². The van der Waals surface area contributed by atoms with Crippen molar-refractivity contribution in [1.29, 1.82) is 0 Å². The molecule has 4 heteroatoms. The molecular formula is C13H15NO3. The van der Waals surface area contributed by atoms with Gasteiger partial charge in [-0.05, 0) is 18.1 Å². The van der Waals surface area contributed by atoms with E-state index in [0.717, 1.165) is 0 Å². The highest BCUT2D eigenvalue weighted by Crippen LogP contribution is 2.03. The van der Waals surface area contributed by atoms with E-state index in [1.54, 1.807) is 30.3 Å². The zero-order valence-electron chi connectivity index (χ0n) is 9.81. The number of hydrogen-bond acceptors (Lipinski definition) is 2. The lowest BCUT2D eigenvalue weighted by Gasteiger charge is -2.07. The average Bonchev–Trinajstić information content (AvgIpc) is 2.28. The number of aliphatic carboxylic acids is 1. The van der Waals surface area contributed by atoms with Crippen molar-refractivity contribution in [2.75, 3.05) is 0 Å². The predicted molar refractivity (Wildman–Crippen MR) is 64.5 cm³/mol. The molecular weight excluding hydrogens is 218 g/mol. The first-order chi connectivity index (χ1) is 8.00. The lowest BCUT2D eigenvalue weighted by molar-refractivity contribution is -0.133. The van der Waals surface area contributed by atoms with Crippen LogP contribution in [-0.4, -0.2) is 17.0 Å². The maximum absolute atomic E-state index is 11.7. The van der Waals surface area contributed by atoms with Gasteiger partial charge in [-0.1, -0.05) is 38.1 Å². The molecule has 17 heavy (non-hydrogen) atoms. The van der Waals surface area contributed by atoms with Crippen LogP contribution in [-0.2, 0) is 4.79 Å². The van der Waals surface area contributed by atoms with Crippen molar-refractivity contribution < 1.29 is 14.7 Å². The minimum Gasteiger partial charge on any atom is -0.477 e. The fourth-order valence-electron chi connectivity index (χ4n) is 1.28. The highest BCUT2D eigenvalue weighted by molar-refractivity contribution is 6.00. The van der Waals surface area contributed by atoms with E-state index >= 15 is 0 Å². The Kier molecular flexibility index (Phi) is 4.46. The van der Waals surface area contributed by atoms with Crippen LogP contribution in [0.25, 0.3) is 0 Å². The van der Waals surface area contributed by atoms with Crippen LogP contribution in [0.15, 0.2) is 42.1 Å². The molecule has 1 rings (SSSR count). The first-order valence-electron chi connectivity index (χ1n) is 5.32. The molecule has 0 aromatic heterocycles. The van der Waals surface area contributed by atoms with Gasteiger partial charge in [-0.25, -0.2) is 4.79 Å². The third-order valence-electron chi connectivity index (χ3n) is 2.01. The van der Waals surface area contributed by atoms with E-state index in [1.807, 2.05) is 13.8 Å². The molecule has 0 bridgehead atoms. The fourth-order valence-corrected chi connectivity index (χ4v) is 1.28. The summed E-state index contributed by atoms with van der Waals surface area (Å²) in [7, 11) is 0. The van der Waals surface area contributed by atoms with Crippen molar-refractivity contribution in [3.63, 3.8) is 0 Å². The summed E-state index contributed by atoms with van der Waals surface area (Å²) in [6.45, 7) is 3.69. The second-order valence-electron chi connectivity index (χ2n) is 3.95. The number of hydrogen-bond donors (Lipinski definition) is 2. The van der Waals surface area contributed by atoms with E-state index in [4.69, 9.17) is 5.11 Å². The summed E-state index contributed by atoms with van der Waals surface area (Å²) in [5, 5.41) is 11.3. The highest BCUT2D eigenvalue weighted by Gasteiger charge is 2.13. The van der Waals surface area contributed by atoms with E-state index in [-0.39, 0.29) is 11.6 Å². The molecule has 1 aromatic rings. The van der Waals surface area contributed by atoms with Gasteiger partial charge in [0.25, 0.3) is 5.91 Å². The topological polar surface area (TPSA) is 66.4 Å². The van der Waals surface area contributed by atoms with Crippen LogP contribution in [0.5, 0.6) is 0 Å². The fraction of sp³-hybridized carbons (Fsp3) is 0.231. The number of rotatable bonds is 4. The third-order valence-corrected chi connectivity index (χ3v) is 2.01. The van der Waals surface area contributed by atoms with Gasteiger partial charge >= 0.3 is 5.97 Å². The molecule has 0 saturated heterocycles. The Morgan fingerprint density at radius 2 is 1.82 bits per heavy atom. The minimum atomic E-state index is -1.14. The summed E-state index contributed by atoms with van der Waals surface area (Å²) < 4.78 is 0. The summed E-state index contributed by atoms with van der Waals surface area (Å²) in [5.74, 6) is -1.50. The third kappa shape index (κ3) is 4.10. The van der Waals surface area contributed by atoms with Gasteiger partial charge in [0, 0.05) is 5.56 Å². The zero-order valence-corrected chi connectivity index (χ0v) is 9.81. The Labute approximate surface area is 100.0 Å². The summed E-state index contributed by atoms with van der Waals surface area (Å²) in [6, 6.07) is 8.50. The zero-order chi connectivity index (χ0) is 12.8. The Morgan fingerprint density at radius 3 is 2.29 bits per heavy atom. The second kappa shape index (κ2) is 5.84. The van der Waals surface area contributed by atoms with Crippen molar-refractivity contribution in [3.05, 3.63) is 47.7 Å². The maximum Gasteiger partial charge on any atom is 0.352 e. The van der Waals surface area contributed by atoms with Gasteiger partial charge in [0.05, 0.1) is 0 Å². The molecule has 1 amide bonds. The molecule has 0 atom stereocenters. The number of nitrogens with one attached hydrogen (secondary N) is 1. The molecule has 0 saturated carbocycles. The molecule has 0 aliphatic heterocycles. The minimum absolute atomic E-state index is 0.0529.